The summed E-state index contributed by atoms with van der Waals surface area (Å²) in [5.41, 5.74) is 8.27. The summed E-state index contributed by atoms with van der Waals surface area (Å²) in [6.45, 7) is 2.01. The highest BCUT2D eigenvalue weighted by molar-refractivity contribution is 5.96. The van der Waals surface area contributed by atoms with E-state index in [9.17, 15) is 4.79 Å². The molecule has 1 aromatic heterocycles. The first-order valence-corrected chi connectivity index (χ1v) is 9.42. The maximum absolute atomic E-state index is 13.3. The van der Waals surface area contributed by atoms with Crippen molar-refractivity contribution in [3.63, 3.8) is 0 Å². The molecule has 0 saturated heterocycles. The van der Waals surface area contributed by atoms with E-state index in [0.29, 0.717) is 37.6 Å². The van der Waals surface area contributed by atoms with Gasteiger partial charge in [0.15, 0.2) is 0 Å². The maximum atomic E-state index is 13.3. The van der Waals surface area contributed by atoms with Gasteiger partial charge >= 0.3 is 0 Å². The Morgan fingerprint density at radius 3 is 2.46 bits per heavy atom. The Balaban J connectivity index is 1.78. The minimum atomic E-state index is -0.0686. The Hall–Kier alpha value is -3.18. The van der Waals surface area contributed by atoms with Gasteiger partial charge in [-0.05, 0) is 42.3 Å². The third kappa shape index (κ3) is 5.41. The Kier molecular flexibility index (Phi) is 7.15. The summed E-state index contributed by atoms with van der Waals surface area (Å²) in [7, 11) is 0. The number of benzene rings is 2. The number of ether oxygens (including phenoxy) is 1. The van der Waals surface area contributed by atoms with Crippen molar-refractivity contribution in [2.75, 3.05) is 13.1 Å². The summed E-state index contributed by atoms with van der Waals surface area (Å²) in [4.78, 5) is 19.2. The Morgan fingerprint density at radius 1 is 0.964 bits per heavy atom. The summed E-state index contributed by atoms with van der Waals surface area (Å²) in [5.74, 6) is 0.515. The molecule has 0 saturated carbocycles. The second-order valence-electron chi connectivity index (χ2n) is 6.50. The molecular weight excluding hydrogens is 350 g/mol. The number of nitrogens with zero attached hydrogens (tertiary/aromatic N) is 2. The fraction of sp³-hybridized carbons (Fsp3) is 0.217. The highest BCUT2D eigenvalue weighted by atomic mass is 16.5. The van der Waals surface area contributed by atoms with Crippen molar-refractivity contribution in [2.24, 2.45) is 5.73 Å². The first-order chi connectivity index (χ1) is 13.8. The van der Waals surface area contributed by atoms with Crippen molar-refractivity contribution in [3.8, 4) is 5.75 Å². The Morgan fingerprint density at radius 2 is 1.71 bits per heavy atom. The molecule has 0 bridgehead atoms. The third-order valence-electron chi connectivity index (χ3n) is 4.37. The van der Waals surface area contributed by atoms with Crippen LogP contribution in [0, 0.1) is 0 Å². The van der Waals surface area contributed by atoms with E-state index in [2.05, 4.69) is 4.98 Å². The molecule has 5 heteroatoms. The van der Waals surface area contributed by atoms with Crippen LogP contribution in [0.15, 0.2) is 79.1 Å². The minimum Gasteiger partial charge on any atom is -0.488 e. The predicted octanol–water partition coefficient (Wildman–Crippen LogP) is 3.65. The molecule has 5 nitrogen and oxygen atoms in total. The van der Waals surface area contributed by atoms with Gasteiger partial charge in [0.25, 0.3) is 5.91 Å². The number of amides is 1. The molecule has 2 aromatic carbocycles. The molecule has 3 aromatic rings. The topological polar surface area (TPSA) is 68.5 Å². The fourth-order valence-corrected chi connectivity index (χ4v) is 2.92. The first kappa shape index (κ1) is 19.6. The van der Waals surface area contributed by atoms with Gasteiger partial charge in [-0.1, -0.05) is 48.5 Å². The lowest BCUT2D eigenvalue weighted by molar-refractivity contribution is 0.0737. The average molecular weight is 375 g/mol. The van der Waals surface area contributed by atoms with Crippen molar-refractivity contribution in [1.82, 2.24) is 9.88 Å². The van der Waals surface area contributed by atoms with E-state index in [4.69, 9.17) is 10.5 Å². The highest BCUT2D eigenvalue weighted by Crippen LogP contribution is 2.22. The number of carbonyl (C=O) groups excluding carboxylic acids is 1. The van der Waals surface area contributed by atoms with Gasteiger partial charge in [0.05, 0.1) is 5.56 Å². The molecule has 2 N–H and O–H groups in total. The summed E-state index contributed by atoms with van der Waals surface area (Å²) >= 11 is 0. The maximum Gasteiger partial charge on any atom is 0.257 e. The van der Waals surface area contributed by atoms with Crippen LogP contribution >= 0.6 is 0 Å². The third-order valence-corrected chi connectivity index (χ3v) is 4.37. The fourth-order valence-electron chi connectivity index (χ4n) is 2.92. The van der Waals surface area contributed by atoms with E-state index in [0.717, 1.165) is 17.5 Å². The van der Waals surface area contributed by atoms with Gasteiger partial charge in [0.2, 0.25) is 0 Å². The molecule has 1 heterocycles. The van der Waals surface area contributed by atoms with Gasteiger partial charge in [0, 0.05) is 25.5 Å². The average Bonchev–Trinajstić information content (AvgIpc) is 2.76. The van der Waals surface area contributed by atoms with Gasteiger partial charge < -0.3 is 15.4 Å². The van der Waals surface area contributed by atoms with Gasteiger partial charge in [0.1, 0.15) is 12.4 Å². The van der Waals surface area contributed by atoms with E-state index in [-0.39, 0.29) is 5.91 Å². The SMILES string of the molecule is NCCCN(Cc1cccnc1)C(=O)c1ccccc1OCc1ccccc1. The molecule has 0 aliphatic carbocycles. The number of carbonyl (C=O) groups is 1. The van der Waals surface area contributed by atoms with Gasteiger partial charge in [-0.2, -0.15) is 0 Å². The molecule has 0 unspecified atom stereocenters. The quantitative estimate of drug-likeness (QED) is 0.620. The summed E-state index contributed by atoms with van der Waals surface area (Å²) in [6, 6.07) is 21.1. The number of aromatic nitrogens is 1. The molecule has 0 aliphatic heterocycles. The number of hydrogen-bond donors (Lipinski definition) is 1. The Labute approximate surface area is 165 Å². The highest BCUT2D eigenvalue weighted by Gasteiger charge is 2.19. The number of pyridine rings is 1. The van der Waals surface area contributed by atoms with E-state index >= 15 is 0 Å². The largest absolute Gasteiger partial charge is 0.488 e. The molecule has 0 aliphatic rings. The molecule has 0 spiro atoms. The van der Waals surface area contributed by atoms with E-state index in [1.54, 1.807) is 23.4 Å². The number of rotatable bonds is 9. The lowest BCUT2D eigenvalue weighted by atomic mass is 10.1. The number of nitrogens with two attached hydrogens (primary N) is 1. The minimum absolute atomic E-state index is 0.0686. The second kappa shape index (κ2) is 10.2. The van der Waals surface area contributed by atoms with Crippen molar-refractivity contribution < 1.29 is 9.53 Å². The van der Waals surface area contributed by atoms with E-state index in [1.165, 1.54) is 0 Å². The zero-order chi connectivity index (χ0) is 19.6. The lowest BCUT2D eigenvalue weighted by Gasteiger charge is -2.24. The molecule has 1 amide bonds. The van der Waals surface area contributed by atoms with Gasteiger partial charge in [-0.25, -0.2) is 0 Å². The van der Waals surface area contributed by atoms with Crippen molar-refractivity contribution in [1.29, 1.82) is 0 Å². The molecule has 28 heavy (non-hydrogen) atoms. The first-order valence-electron chi connectivity index (χ1n) is 9.42. The smallest absolute Gasteiger partial charge is 0.257 e. The molecular formula is C23H25N3O2. The van der Waals surface area contributed by atoms with Crippen LogP contribution < -0.4 is 10.5 Å². The van der Waals surface area contributed by atoms with Crippen LogP contribution in [0.5, 0.6) is 5.75 Å². The second-order valence-corrected chi connectivity index (χ2v) is 6.50. The summed E-state index contributed by atoms with van der Waals surface area (Å²) in [5, 5.41) is 0. The van der Waals surface area contributed by atoms with Crippen molar-refractivity contribution in [2.45, 2.75) is 19.6 Å². The van der Waals surface area contributed by atoms with Crippen LogP contribution in [0.1, 0.15) is 27.9 Å². The van der Waals surface area contributed by atoms with Crippen LogP contribution in [0.4, 0.5) is 0 Å². The standard InChI is InChI=1S/C23H25N3O2/c24-13-7-15-26(17-20-10-6-14-25-16-20)23(27)21-11-4-5-12-22(21)28-18-19-8-2-1-3-9-19/h1-6,8-12,14,16H,7,13,15,17-18,24H2. The van der Waals surface area contributed by atoms with Crippen LogP contribution in [0.3, 0.4) is 0 Å². The molecule has 0 radical (unpaired) electrons. The van der Waals surface area contributed by atoms with Gasteiger partial charge in [-0.3, -0.25) is 9.78 Å². The van der Waals surface area contributed by atoms with Crippen molar-refractivity contribution >= 4 is 5.91 Å². The zero-order valence-corrected chi connectivity index (χ0v) is 15.8. The zero-order valence-electron chi connectivity index (χ0n) is 15.8. The number of para-hydroxylation sites is 1. The number of hydrogen-bond acceptors (Lipinski definition) is 4. The van der Waals surface area contributed by atoms with Crippen LogP contribution in [-0.4, -0.2) is 28.9 Å². The van der Waals surface area contributed by atoms with Gasteiger partial charge in [-0.15, -0.1) is 0 Å². The summed E-state index contributed by atoms with van der Waals surface area (Å²) < 4.78 is 5.96. The molecule has 3 rings (SSSR count). The Bertz CT molecular complexity index is 869. The van der Waals surface area contributed by atoms with Crippen LogP contribution in [0.2, 0.25) is 0 Å². The normalized spacial score (nSPS) is 10.5. The predicted molar refractivity (Wildman–Crippen MR) is 110 cm³/mol. The monoisotopic (exact) mass is 375 g/mol. The molecule has 0 fully saturated rings. The van der Waals surface area contributed by atoms with Crippen LogP contribution in [-0.2, 0) is 13.2 Å². The van der Waals surface area contributed by atoms with Crippen molar-refractivity contribution in [3.05, 3.63) is 95.8 Å². The van der Waals surface area contributed by atoms with E-state index in [1.807, 2.05) is 60.7 Å². The van der Waals surface area contributed by atoms with E-state index < -0.39 is 0 Å². The summed E-state index contributed by atoms with van der Waals surface area (Å²) in [6.07, 6.45) is 4.24. The molecule has 0 atom stereocenters. The van der Waals surface area contributed by atoms with Crippen LogP contribution in [0.25, 0.3) is 0 Å². The lowest BCUT2D eigenvalue weighted by Crippen LogP contribution is -2.33. The molecule has 144 valence electrons.